The van der Waals surface area contributed by atoms with E-state index in [4.69, 9.17) is 22.1 Å². The molecule has 0 fully saturated rings. The third-order valence-electron chi connectivity index (χ3n) is 2.57. The fourth-order valence-corrected chi connectivity index (χ4v) is 2.63. The van der Waals surface area contributed by atoms with E-state index >= 15 is 0 Å². The Morgan fingerprint density at radius 3 is 2.45 bits per heavy atom. The Morgan fingerprint density at radius 1 is 1.15 bits per heavy atom. The maximum absolute atomic E-state index is 11.7. The predicted octanol–water partition coefficient (Wildman–Crippen LogP) is 2.62. The van der Waals surface area contributed by atoms with Crippen LogP contribution in [0.25, 0.3) is 0 Å². The molecule has 7 heteroatoms. The minimum atomic E-state index is -3.58. The van der Waals surface area contributed by atoms with Crippen molar-refractivity contribution in [1.29, 1.82) is 0 Å². The van der Waals surface area contributed by atoms with E-state index < -0.39 is 10.0 Å². The van der Waals surface area contributed by atoms with Gasteiger partial charge < -0.3 is 10.5 Å². The molecule has 0 saturated heterocycles. The van der Waals surface area contributed by atoms with Crippen molar-refractivity contribution >= 4 is 27.3 Å². The molecule has 106 valence electrons. The van der Waals surface area contributed by atoms with E-state index in [1.807, 2.05) is 0 Å². The maximum atomic E-state index is 11.7. The van der Waals surface area contributed by atoms with Crippen LogP contribution >= 0.6 is 11.6 Å². The van der Waals surface area contributed by atoms with E-state index in [-0.39, 0.29) is 10.6 Å². The minimum absolute atomic E-state index is 0.0124. The summed E-state index contributed by atoms with van der Waals surface area (Å²) in [7, 11) is -2.25. The van der Waals surface area contributed by atoms with E-state index in [1.54, 1.807) is 24.3 Å². The molecule has 0 aliphatic carbocycles. The number of halogens is 1. The highest BCUT2D eigenvalue weighted by Gasteiger charge is 2.15. The predicted molar refractivity (Wildman–Crippen MR) is 78.6 cm³/mol. The summed E-state index contributed by atoms with van der Waals surface area (Å²) in [6, 6.07) is 11.2. The number of hydrogen-bond donors (Lipinski definition) is 2. The highest BCUT2D eigenvalue weighted by molar-refractivity contribution is 7.89. The zero-order valence-electron chi connectivity index (χ0n) is 10.6. The van der Waals surface area contributed by atoms with Crippen molar-refractivity contribution in [1.82, 2.24) is 4.72 Å². The van der Waals surface area contributed by atoms with Crippen LogP contribution in [-0.2, 0) is 10.0 Å². The van der Waals surface area contributed by atoms with E-state index in [0.29, 0.717) is 16.5 Å². The van der Waals surface area contributed by atoms with Crippen LogP contribution in [0.1, 0.15) is 0 Å². The number of rotatable bonds is 4. The summed E-state index contributed by atoms with van der Waals surface area (Å²) < 4.78 is 31.1. The second kappa shape index (κ2) is 5.70. The number of benzene rings is 2. The summed E-state index contributed by atoms with van der Waals surface area (Å²) in [5, 5.41) is 0.546. The first-order chi connectivity index (χ1) is 9.42. The number of nitrogen functional groups attached to an aromatic ring is 1. The van der Waals surface area contributed by atoms with Crippen molar-refractivity contribution in [2.24, 2.45) is 0 Å². The number of nitrogens with two attached hydrogens (primary N) is 1. The Morgan fingerprint density at radius 2 is 1.85 bits per heavy atom. The van der Waals surface area contributed by atoms with Gasteiger partial charge in [0.05, 0.1) is 5.69 Å². The molecule has 0 aliphatic heterocycles. The molecule has 5 nitrogen and oxygen atoms in total. The van der Waals surface area contributed by atoms with Gasteiger partial charge in [-0.1, -0.05) is 17.7 Å². The van der Waals surface area contributed by atoms with Crippen molar-refractivity contribution in [2.75, 3.05) is 12.8 Å². The molecule has 20 heavy (non-hydrogen) atoms. The second-order valence-corrected chi connectivity index (χ2v) is 6.26. The monoisotopic (exact) mass is 312 g/mol. The summed E-state index contributed by atoms with van der Waals surface area (Å²) in [6.07, 6.45) is 0. The lowest BCUT2D eigenvalue weighted by Gasteiger charge is -2.10. The van der Waals surface area contributed by atoms with Gasteiger partial charge in [-0.3, -0.25) is 0 Å². The molecule has 2 aromatic carbocycles. The smallest absolute Gasteiger partial charge is 0.242 e. The van der Waals surface area contributed by atoms with E-state index in [1.165, 1.54) is 25.2 Å². The zero-order valence-corrected chi connectivity index (χ0v) is 12.2. The van der Waals surface area contributed by atoms with Crippen LogP contribution in [0.4, 0.5) is 5.69 Å². The molecule has 0 aromatic heterocycles. The first kappa shape index (κ1) is 14.6. The lowest BCUT2D eigenvalue weighted by Crippen LogP contribution is -2.19. The van der Waals surface area contributed by atoms with Gasteiger partial charge in [0.2, 0.25) is 10.0 Å². The van der Waals surface area contributed by atoms with Crippen LogP contribution in [0.5, 0.6) is 11.5 Å². The van der Waals surface area contributed by atoms with Gasteiger partial charge in [-0.25, -0.2) is 13.1 Å². The van der Waals surface area contributed by atoms with Crippen LogP contribution in [0.2, 0.25) is 5.02 Å². The number of anilines is 1. The normalized spacial score (nSPS) is 11.3. The lowest BCUT2D eigenvalue weighted by molar-refractivity contribution is 0.482. The van der Waals surface area contributed by atoms with Gasteiger partial charge in [0.1, 0.15) is 16.4 Å². The van der Waals surface area contributed by atoms with Gasteiger partial charge in [-0.05, 0) is 37.4 Å². The van der Waals surface area contributed by atoms with Gasteiger partial charge >= 0.3 is 0 Å². The highest BCUT2D eigenvalue weighted by Crippen LogP contribution is 2.28. The van der Waals surface area contributed by atoms with Gasteiger partial charge in [0.25, 0.3) is 0 Å². The van der Waals surface area contributed by atoms with Gasteiger partial charge in [-0.2, -0.15) is 0 Å². The standard InChI is InChI=1S/C13H13ClN2O3S/c1-16-20(17,18)13-6-5-11(8-12(13)15)19-10-4-2-3-9(14)7-10/h2-8,16H,15H2,1H3. The van der Waals surface area contributed by atoms with Crippen molar-refractivity contribution in [2.45, 2.75) is 4.90 Å². The molecule has 3 N–H and O–H groups in total. The Kier molecular flexibility index (Phi) is 4.17. The Bertz CT molecular complexity index is 732. The molecule has 0 atom stereocenters. The average molecular weight is 313 g/mol. The van der Waals surface area contributed by atoms with Gasteiger partial charge in [-0.15, -0.1) is 0 Å². The second-order valence-electron chi connectivity index (χ2n) is 3.97. The Balaban J connectivity index is 2.30. The van der Waals surface area contributed by atoms with Crippen LogP contribution in [0.3, 0.4) is 0 Å². The first-order valence-electron chi connectivity index (χ1n) is 5.69. The quantitative estimate of drug-likeness (QED) is 0.850. The average Bonchev–Trinajstić information content (AvgIpc) is 2.38. The molecule has 0 saturated carbocycles. The Labute approximate surface area is 122 Å². The number of nitrogens with one attached hydrogen (secondary N) is 1. The van der Waals surface area contributed by atoms with Crippen LogP contribution in [-0.4, -0.2) is 15.5 Å². The van der Waals surface area contributed by atoms with Crippen molar-refractivity contribution in [3.05, 3.63) is 47.5 Å². The molecule has 0 spiro atoms. The topological polar surface area (TPSA) is 81.4 Å². The molecular formula is C13H13ClN2O3S. The summed E-state index contributed by atoms with van der Waals surface area (Å²) in [5.74, 6) is 0.973. The maximum Gasteiger partial charge on any atom is 0.242 e. The minimum Gasteiger partial charge on any atom is -0.457 e. The molecular weight excluding hydrogens is 300 g/mol. The number of hydrogen-bond acceptors (Lipinski definition) is 4. The zero-order chi connectivity index (χ0) is 14.8. The molecule has 0 unspecified atom stereocenters. The van der Waals surface area contributed by atoms with Crippen molar-refractivity contribution < 1.29 is 13.2 Å². The van der Waals surface area contributed by atoms with Gasteiger partial charge in [0, 0.05) is 11.1 Å². The molecule has 0 bridgehead atoms. The van der Waals surface area contributed by atoms with E-state index in [9.17, 15) is 8.42 Å². The fraction of sp³-hybridized carbons (Fsp3) is 0.0769. The molecule has 2 aromatic rings. The van der Waals surface area contributed by atoms with Crippen molar-refractivity contribution in [3.8, 4) is 11.5 Å². The third kappa shape index (κ3) is 3.22. The highest BCUT2D eigenvalue weighted by atomic mass is 35.5. The van der Waals surface area contributed by atoms with Crippen molar-refractivity contribution in [3.63, 3.8) is 0 Å². The van der Waals surface area contributed by atoms with E-state index in [2.05, 4.69) is 4.72 Å². The van der Waals surface area contributed by atoms with Gasteiger partial charge in [0.15, 0.2) is 0 Å². The fourth-order valence-electron chi connectivity index (χ4n) is 1.61. The summed E-state index contributed by atoms with van der Waals surface area (Å²) in [4.78, 5) is 0.0124. The number of ether oxygens (including phenoxy) is 1. The lowest BCUT2D eigenvalue weighted by atomic mass is 10.3. The van der Waals surface area contributed by atoms with Crippen LogP contribution in [0.15, 0.2) is 47.4 Å². The molecule has 0 aliphatic rings. The summed E-state index contributed by atoms with van der Waals surface area (Å²) >= 11 is 5.85. The molecule has 0 amide bonds. The Hall–Kier alpha value is -1.76. The largest absolute Gasteiger partial charge is 0.457 e. The molecule has 0 radical (unpaired) electrons. The number of sulfonamides is 1. The van der Waals surface area contributed by atoms with Crippen LogP contribution < -0.4 is 15.2 Å². The SMILES string of the molecule is CNS(=O)(=O)c1ccc(Oc2cccc(Cl)c2)cc1N. The van der Waals surface area contributed by atoms with E-state index in [0.717, 1.165) is 0 Å². The third-order valence-corrected chi connectivity index (χ3v) is 4.29. The molecule has 0 heterocycles. The summed E-state index contributed by atoms with van der Waals surface area (Å²) in [6.45, 7) is 0. The molecule has 2 rings (SSSR count). The van der Waals surface area contributed by atoms with Crippen LogP contribution in [0, 0.1) is 0 Å². The summed E-state index contributed by atoms with van der Waals surface area (Å²) in [5.41, 5.74) is 5.85. The first-order valence-corrected chi connectivity index (χ1v) is 7.55.